The van der Waals surface area contributed by atoms with Crippen molar-refractivity contribution < 1.29 is 14.3 Å². The van der Waals surface area contributed by atoms with E-state index in [1.807, 2.05) is 6.07 Å². The summed E-state index contributed by atoms with van der Waals surface area (Å²) in [6, 6.07) is 12.2. The van der Waals surface area contributed by atoms with E-state index in [0.717, 1.165) is 5.56 Å². The van der Waals surface area contributed by atoms with Gasteiger partial charge in [-0.05, 0) is 64.4 Å². The fourth-order valence-electron chi connectivity index (χ4n) is 2.45. The minimum Gasteiger partial charge on any atom is -0.444 e. The van der Waals surface area contributed by atoms with E-state index in [-0.39, 0.29) is 11.5 Å². The Bertz CT molecular complexity index is 888. The van der Waals surface area contributed by atoms with Crippen molar-refractivity contribution >= 4 is 17.6 Å². The van der Waals surface area contributed by atoms with Gasteiger partial charge in [-0.1, -0.05) is 12.1 Å². The lowest BCUT2D eigenvalue weighted by Crippen LogP contribution is -2.30. The van der Waals surface area contributed by atoms with Crippen LogP contribution in [0.15, 0.2) is 42.6 Å². The van der Waals surface area contributed by atoms with Crippen molar-refractivity contribution in [2.45, 2.75) is 45.6 Å². The number of rotatable bonds is 4. The van der Waals surface area contributed by atoms with Crippen molar-refractivity contribution in [1.29, 1.82) is 5.26 Å². The normalized spacial score (nSPS) is 11.4. The van der Waals surface area contributed by atoms with E-state index < -0.39 is 17.1 Å². The highest BCUT2D eigenvalue weighted by Crippen LogP contribution is 2.28. The molecule has 1 aromatic carbocycles. The third-order valence-corrected chi connectivity index (χ3v) is 3.92. The van der Waals surface area contributed by atoms with Crippen molar-refractivity contribution in [2.24, 2.45) is 0 Å². The summed E-state index contributed by atoms with van der Waals surface area (Å²) in [6.45, 7) is 8.91. The molecule has 6 heteroatoms. The first-order valence-electron chi connectivity index (χ1n) is 8.54. The number of nitrogens with zero attached hydrogens (tertiary/aromatic N) is 2. The van der Waals surface area contributed by atoms with Crippen LogP contribution in [0.3, 0.4) is 0 Å². The molecule has 6 nitrogen and oxygen atoms in total. The number of carbonyl (C=O) groups excluding carboxylic acids is 2. The zero-order chi connectivity index (χ0) is 20.2. The minimum absolute atomic E-state index is 0.179. The molecule has 140 valence electrons. The number of nitriles is 1. The lowest BCUT2D eigenvalue weighted by molar-refractivity contribution is 0.0635. The van der Waals surface area contributed by atoms with Crippen molar-refractivity contribution in [3.05, 3.63) is 59.4 Å². The molecule has 0 fully saturated rings. The maximum Gasteiger partial charge on any atom is 0.412 e. The Morgan fingerprint density at radius 2 is 1.81 bits per heavy atom. The number of hydrogen-bond acceptors (Lipinski definition) is 5. The number of ketones is 1. The molecule has 0 spiro atoms. The van der Waals surface area contributed by atoms with Gasteiger partial charge in [0, 0.05) is 0 Å². The van der Waals surface area contributed by atoms with Crippen LogP contribution in [0, 0.1) is 11.3 Å². The molecule has 1 heterocycles. The molecular formula is C21H23N3O3. The van der Waals surface area contributed by atoms with E-state index in [2.05, 4.69) is 16.4 Å². The molecular weight excluding hydrogens is 342 g/mol. The number of aromatic nitrogens is 1. The van der Waals surface area contributed by atoms with Crippen LogP contribution in [0.5, 0.6) is 0 Å². The average Bonchev–Trinajstić information content (AvgIpc) is 2.60. The van der Waals surface area contributed by atoms with E-state index in [4.69, 9.17) is 10.00 Å². The summed E-state index contributed by atoms with van der Waals surface area (Å²) in [5.41, 5.74) is 0.500. The predicted molar refractivity (Wildman–Crippen MR) is 103 cm³/mol. The van der Waals surface area contributed by atoms with Gasteiger partial charge >= 0.3 is 6.09 Å². The molecule has 2 aromatic rings. The quantitative estimate of drug-likeness (QED) is 0.808. The number of anilines is 1. The summed E-state index contributed by atoms with van der Waals surface area (Å²) < 4.78 is 5.18. The highest BCUT2D eigenvalue weighted by molar-refractivity contribution is 6.02. The van der Waals surface area contributed by atoms with Gasteiger partial charge < -0.3 is 4.74 Å². The Morgan fingerprint density at radius 1 is 1.11 bits per heavy atom. The third kappa shape index (κ3) is 5.14. The second kappa shape index (κ2) is 7.58. The van der Waals surface area contributed by atoms with Crippen LogP contribution >= 0.6 is 0 Å². The number of benzene rings is 1. The van der Waals surface area contributed by atoms with E-state index in [0.29, 0.717) is 11.3 Å². The molecule has 0 radical (unpaired) electrons. The largest absolute Gasteiger partial charge is 0.444 e. The number of amides is 1. The molecule has 1 amide bonds. The lowest BCUT2D eigenvalue weighted by atomic mass is 9.79. The van der Waals surface area contributed by atoms with E-state index in [1.54, 1.807) is 65.0 Å². The minimum atomic E-state index is -0.847. The van der Waals surface area contributed by atoms with Gasteiger partial charge in [0.25, 0.3) is 0 Å². The maximum atomic E-state index is 12.9. The summed E-state index contributed by atoms with van der Waals surface area (Å²) in [6.07, 6.45) is 0.830. The van der Waals surface area contributed by atoms with E-state index in [9.17, 15) is 9.59 Å². The van der Waals surface area contributed by atoms with Gasteiger partial charge in [-0.2, -0.15) is 5.26 Å². The summed E-state index contributed by atoms with van der Waals surface area (Å²) in [7, 11) is 0. The van der Waals surface area contributed by atoms with E-state index in [1.165, 1.54) is 6.20 Å². The maximum absolute atomic E-state index is 12.9. The molecule has 1 aromatic heterocycles. The van der Waals surface area contributed by atoms with Crippen molar-refractivity contribution in [2.75, 3.05) is 5.32 Å². The Hall–Kier alpha value is -3.20. The lowest BCUT2D eigenvalue weighted by Gasteiger charge is -2.23. The molecule has 0 atom stereocenters. The zero-order valence-electron chi connectivity index (χ0n) is 16.2. The fraction of sp³-hybridized carbons (Fsp3) is 0.333. The highest BCUT2D eigenvalue weighted by Gasteiger charge is 2.31. The van der Waals surface area contributed by atoms with Crippen molar-refractivity contribution in [3.8, 4) is 6.07 Å². The third-order valence-electron chi connectivity index (χ3n) is 3.92. The van der Waals surface area contributed by atoms with Gasteiger partial charge in [0.2, 0.25) is 0 Å². The molecule has 0 bridgehead atoms. The molecule has 0 aliphatic heterocycles. The monoisotopic (exact) mass is 365 g/mol. The number of hydrogen-bond donors (Lipinski definition) is 1. The topological polar surface area (TPSA) is 92.1 Å². The second-order valence-corrected chi connectivity index (χ2v) is 7.71. The predicted octanol–water partition coefficient (Wildman–Crippen LogP) is 4.46. The SMILES string of the molecule is CC(C)(C)OC(=O)Nc1ccc(C(=O)C(C)(C)c2cccc(C#N)c2)nc1. The molecule has 0 saturated carbocycles. The smallest absolute Gasteiger partial charge is 0.412 e. The zero-order valence-corrected chi connectivity index (χ0v) is 16.2. The Labute approximate surface area is 159 Å². The van der Waals surface area contributed by atoms with Crippen LogP contribution < -0.4 is 5.32 Å². The van der Waals surface area contributed by atoms with Crippen LogP contribution in [0.1, 0.15) is 56.2 Å². The standard InChI is InChI=1S/C21H23N3O3/c1-20(2,3)27-19(26)24-16-9-10-17(23-13-16)18(25)21(4,5)15-8-6-7-14(11-15)12-22/h6-11,13H,1-5H3,(H,24,26). The van der Waals surface area contributed by atoms with Crippen LogP contribution in [-0.2, 0) is 10.2 Å². The number of pyridine rings is 1. The number of ether oxygens (including phenoxy) is 1. The summed E-state index contributed by atoms with van der Waals surface area (Å²) in [4.78, 5) is 28.9. The first kappa shape index (κ1) is 20.1. The van der Waals surface area contributed by atoms with Crippen molar-refractivity contribution in [3.63, 3.8) is 0 Å². The van der Waals surface area contributed by atoms with E-state index >= 15 is 0 Å². The molecule has 2 rings (SSSR count). The first-order chi connectivity index (χ1) is 12.5. The van der Waals surface area contributed by atoms with Gasteiger partial charge in [0.15, 0.2) is 5.78 Å². The van der Waals surface area contributed by atoms with Gasteiger partial charge in [-0.3, -0.25) is 15.1 Å². The summed E-state index contributed by atoms with van der Waals surface area (Å²) in [5, 5.41) is 11.6. The Morgan fingerprint density at radius 3 is 2.37 bits per heavy atom. The number of carbonyl (C=O) groups is 2. The molecule has 0 aliphatic rings. The molecule has 27 heavy (non-hydrogen) atoms. The van der Waals surface area contributed by atoms with Gasteiger partial charge in [0.1, 0.15) is 11.3 Å². The van der Waals surface area contributed by atoms with Crippen LogP contribution in [0.2, 0.25) is 0 Å². The van der Waals surface area contributed by atoms with Gasteiger partial charge in [-0.15, -0.1) is 0 Å². The molecule has 0 saturated heterocycles. The average molecular weight is 365 g/mol. The first-order valence-corrected chi connectivity index (χ1v) is 8.54. The van der Waals surface area contributed by atoms with Gasteiger partial charge in [-0.25, -0.2) is 4.79 Å². The summed E-state index contributed by atoms with van der Waals surface area (Å²) >= 11 is 0. The van der Waals surface area contributed by atoms with Crippen LogP contribution in [0.4, 0.5) is 10.5 Å². The highest BCUT2D eigenvalue weighted by atomic mass is 16.6. The fourth-order valence-corrected chi connectivity index (χ4v) is 2.45. The van der Waals surface area contributed by atoms with Crippen LogP contribution in [-0.4, -0.2) is 22.5 Å². The molecule has 0 unspecified atom stereocenters. The number of Topliss-reactive ketones (excluding diaryl/α,β-unsaturated/α-hetero) is 1. The van der Waals surface area contributed by atoms with Crippen molar-refractivity contribution in [1.82, 2.24) is 4.98 Å². The Balaban J connectivity index is 2.17. The van der Waals surface area contributed by atoms with Crippen LogP contribution in [0.25, 0.3) is 0 Å². The Kier molecular flexibility index (Phi) is 5.65. The molecule has 1 N–H and O–H groups in total. The summed E-state index contributed by atoms with van der Waals surface area (Å²) in [5.74, 6) is -0.179. The number of nitrogens with one attached hydrogen (secondary N) is 1. The molecule has 0 aliphatic carbocycles. The second-order valence-electron chi connectivity index (χ2n) is 7.71. The van der Waals surface area contributed by atoms with Gasteiger partial charge in [0.05, 0.1) is 28.9 Å².